The first-order chi connectivity index (χ1) is 48.4. The molecular weight excluding hydrogens is 1300 g/mol. The minimum atomic E-state index is 0.0160. The first kappa shape index (κ1) is 95.7. The van der Waals surface area contributed by atoms with Crippen LogP contribution in [0.2, 0.25) is 0 Å². The Morgan fingerprint density at radius 1 is 0.0722 bits per heavy atom. The van der Waals surface area contributed by atoms with Gasteiger partial charge < -0.3 is 157 Å². The van der Waals surface area contributed by atoms with Gasteiger partial charge in [-0.05, 0) is 0 Å². The average Bonchev–Trinajstić information content (AvgIpc) is 3.61. The molecule has 0 bridgehead atoms. The molecule has 0 aromatic rings. The van der Waals surface area contributed by atoms with E-state index in [0.717, 1.165) is 0 Å². The van der Waals surface area contributed by atoms with Crippen LogP contribution in [0.4, 0.5) is 0 Å². The van der Waals surface area contributed by atoms with Crippen molar-refractivity contribution in [3.05, 3.63) is 0 Å². The average molecular weight is 1430 g/mol. The van der Waals surface area contributed by atoms with Crippen LogP contribution in [0.25, 0.3) is 0 Å². The van der Waals surface area contributed by atoms with Gasteiger partial charge in [0.05, 0.1) is 423 Å². The Morgan fingerprint density at radius 3 is 0.155 bits per heavy atom. The number of aliphatic hydroxyl groups is 2. The van der Waals surface area contributed by atoms with E-state index in [2.05, 4.69) is 0 Å². The molecule has 584 valence electrons. The smallest absolute Gasteiger partial charge is 0.0701 e. The summed E-state index contributed by atoms with van der Waals surface area (Å²) in [6.07, 6.45) is 0. The van der Waals surface area contributed by atoms with Crippen molar-refractivity contribution < 1.29 is 157 Å². The quantitative estimate of drug-likeness (QED) is 0.0724. The lowest BCUT2D eigenvalue weighted by Gasteiger charge is -2.09. The van der Waals surface area contributed by atoms with Crippen LogP contribution in [0.1, 0.15) is 0 Å². The van der Waals surface area contributed by atoms with E-state index in [4.69, 9.17) is 157 Å². The molecule has 0 aromatic heterocycles. The predicted molar refractivity (Wildman–Crippen MR) is 350 cm³/mol. The molecular formula is C64H130O33. The van der Waals surface area contributed by atoms with Gasteiger partial charge in [0.1, 0.15) is 0 Å². The van der Waals surface area contributed by atoms with Crippen molar-refractivity contribution >= 4 is 0 Å². The van der Waals surface area contributed by atoms with Gasteiger partial charge in [-0.2, -0.15) is 0 Å². The Morgan fingerprint density at radius 2 is 0.113 bits per heavy atom. The highest BCUT2D eigenvalue weighted by Crippen LogP contribution is 1.93. The van der Waals surface area contributed by atoms with Crippen LogP contribution >= 0.6 is 0 Å². The van der Waals surface area contributed by atoms with Crippen molar-refractivity contribution in [2.75, 3.05) is 423 Å². The molecule has 0 spiro atoms. The maximum Gasteiger partial charge on any atom is 0.0701 e. The molecule has 33 nitrogen and oxygen atoms in total. The molecule has 0 aromatic carbocycles. The first-order valence-electron chi connectivity index (χ1n) is 34.5. The molecule has 0 saturated heterocycles. The third-order valence-corrected chi connectivity index (χ3v) is 11.6. The molecule has 97 heavy (non-hydrogen) atoms. The van der Waals surface area contributed by atoms with Gasteiger partial charge in [0.2, 0.25) is 0 Å². The minimum absolute atomic E-state index is 0.0160. The highest BCUT2D eigenvalue weighted by Gasteiger charge is 2.02. The number of ether oxygens (including phenoxy) is 31. The Bertz CT molecular complexity index is 1240. The summed E-state index contributed by atoms with van der Waals surface area (Å²) < 4.78 is 170. The van der Waals surface area contributed by atoms with Crippen molar-refractivity contribution in [3.8, 4) is 0 Å². The molecule has 0 aliphatic rings. The van der Waals surface area contributed by atoms with Crippen molar-refractivity contribution in [2.24, 2.45) is 0 Å². The van der Waals surface area contributed by atoms with Crippen LogP contribution < -0.4 is 0 Å². The van der Waals surface area contributed by atoms with Crippen molar-refractivity contribution in [1.82, 2.24) is 0 Å². The number of rotatable bonds is 94. The summed E-state index contributed by atoms with van der Waals surface area (Å²) in [5.74, 6) is 0. The predicted octanol–water partition coefficient (Wildman–Crippen LogP) is -0.514. The van der Waals surface area contributed by atoms with Gasteiger partial charge >= 0.3 is 0 Å². The summed E-state index contributed by atoms with van der Waals surface area (Å²) in [6, 6.07) is 0. The second-order valence-corrected chi connectivity index (χ2v) is 19.4. The Hall–Kier alpha value is -1.32. The molecule has 0 aliphatic carbocycles. The fourth-order valence-electron chi connectivity index (χ4n) is 6.83. The van der Waals surface area contributed by atoms with E-state index in [1.165, 1.54) is 0 Å². The zero-order valence-corrected chi connectivity index (χ0v) is 58.8. The second kappa shape index (κ2) is 94.7. The van der Waals surface area contributed by atoms with Gasteiger partial charge in [-0.3, -0.25) is 0 Å². The fourth-order valence-corrected chi connectivity index (χ4v) is 6.83. The molecule has 0 unspecified atom stereocenters. The van der Waals surface area contributed by atoms with Crippen LogP contribution in [0.5, 0.6) is 0 Å². The van der Waals surface area contributed by atoms with Crippen LogP contribution in [0.15, 0.2) is 0 Å². The van der Waals surface area contributed by atoms with Gasteiger partial charge in [-0.1, -0.05) is 0 Å². The van der Waals surface area contributed by atoms with Gasteiger partial charge in [-0.25, -0.2) is 0 Å². The third kappa shape index (κ3) is 94.7. The fraction of sp³-hybridized carbons (Fsp3) is 1.00. The Balaban J connectivity index is 3.09. The molecule has 0 rings (SSSR count). The van der Waals surface area contributed by atoms with Gasteiger partial charge in [-0.15, -0.1) is 0 Å². The SMILES string of the molecule is OCCOCCOCCOCCOCCOCCOCCOCCOCCOCCOCCOCCOCCOCCOCCOCCOCCOCCOCCOCCOCCOCCOCCOCCOCCOCCOCCOCCOCCOCCOCCOCCO. The van der Waals surface area contributed by atoms with Gasteiger partial charge in [0.15, 0.2) is 0 Å². The molecule has 0 heterocycles. The van der Waals surface area contributed by atoms with Gasteiger partial charge in [0, 0.05) is 0 Å². The van der Waals surface area contributed by atoms with E-state index in [0.29, 0.717) is 410 Å². The summed E-state index contributed by atoms with van der Waals surface area (Å²) in [6.45, 7) is 29.6. The molecule has 2 N–H and O–H groups in total. The van der Waals surface area contributed by atoms with Crippen LogP contribution in [0.3, 0.4) is 0 Å². The highest BCUT2D eigenvalue weighted by atomic mass is 16.6. The van der Waals surface area contributed by atoms with Crippen molar-refractivity contribution in [2.45, 2.75) is 0 Å². The minimum Gasteiger partial charge on any atom is -0.394 e. The molecule has 0 aliphatic heterocycles. The van der Waals surface area contributed by atoms with E-state index < -0.39 is 0 Å². The lowest BCUT2D eigenvalue weighted by Crippen LogP contribution is -2.16. The lowest BCUT2D eigenvalue weighted by atomic mass is 10.6. The maximum absolute atomic E-state index is 8.62. The molecule has 33 heteroatoms. The summed E-state index contributed by atoms with van der Waals surface area (Å²) in [7, 11) is 0. The molecule has 0 amide bonds. The Kier molecular flexibility index (Phi) is 93.4. The van der Waals surface area contributed by atoms with Crippen LogP contribution in [0, 0.1) is 0 Å². The lowest BCUT2D eigenvalue weighted by molar-refractivity contribution is -0.0325. The highest BCUT2D eigenvalue weighted by molar-refractivity contribution is 4.45. The second-order valence-electron chi connectivity index (χ2n) is 19.4. The number of hydrogen-bond acceptors (Lipinski definition) is 33. The van der Waals surface area contributed by atoms with Crippen LogP contribution in [-0.2, 0) is 147 Å². The standard InChI is InChI=1S/C64H130O33/c65-1-3-67-5-7-69-9-11-71-13-15-73-17-19-75-21-23-77-25-27-79-29-31-81-33-35-83-37-39-85-41-43-87-45-47-89-49-51-91-53-55-93-57-59-95-61-63-97-64-62-96-60-58-94-56-54-92-52-50-90-48-46-88-44-42-86-40-38-84-36-34-82-32-30-80-28-26-78-24-22-76-20-18-74-16-14-72-12-10-70-8-6-68-4-2-66/h65-66H,1-64H2. The van der Waals surface area contributed by atoms with E-state index in [1.54, 1.807) is 0 Å². The maximum atomic E-state index is 8.62. The normalized spacial score (nSPS) is 11.8. The van der Waals surface area contributed by atoms with Gasteiger partial charge in [0.25, 0.3) is 0 Å². The van der Waals surface area contributed by atoms with E-state index in [9.17, 15) is 0 Å². The number of aliphatic hydroxyl groups excluding tert-OH is 2. The molecule has 0 atom stereocenters. The molecule has 0 fully saturated rings. The largest absolute Gasteiger partial charge is 0.394 e. The van der Waals surface area contributed by atoms with Crippen molar-refractivity contribution in [3.63, 3.8) is 0 Å². The van der Waals surface area contributed by atoms with Crippen LogP contribution in [-0.4, -0.2) is 433 Å². The molecule has 0 radical (unpaired) electrons. The van der Waals surface area contributed by atoms with E-state index in [-0.39, 0.29) is 13.2 Å². The monoisotopic (exact) mass is 1430 g/mol. The third-order valence-electron chi connectivity index (χ3n) is 11.6. The molecule has 0 saturated carbocycles. The van der Waals surface area contributed by atoms with Crippen molar-refractivity contribution in [1.29, 1.82) is 0 Å². The summed E-state index contributed by atoms with van der Waals surface area (Å²) >= 11 is 0. The first-order valence-corrected chi connectivity index (χ1v) is 34.5. The summed E-state index contributed by atoms with van der Waals surface area (Å²) in [5, 5.41) is 17.2. The zero-order chi connectivity index (χ0) is 69.2. The topological polar surface area (TPSA) is 327 Å². The summed E-state index contributed by atoms with van der Waals surface area (Å²) in [4.78, 5) is 0. The van der Waals surface area contributed by atoms with E-state index >= 15 is 0 Å². The Labute approximate surface area is 578 Å². The zero-order valence-electron chi connectivity index (χ0n) is 58.8. The summed E-state index contributed by atoms with van der Waals surface area (Å²) in [5.41, 5.74) is 0. The number of hydrogen-bond donors (Lipinski definition) is 2. The van der Waals surface area contributed by atoms with E-state index in [1.807, 2.05) is 0 Å².